The van der Waals surface area contributed by atoms with Crippen molar-refractivity contribution in [3.63, 3.8) is 0 Å². The van der Waals surface area contributed by atoms with Crippen molar-refractivity contribution in [2.75, 3.05) is 28.4 Å². The van der Waals surface area contributed by atoms with E-state index in [4.69, 9.17) is 23.4 Å². The maximum atomic E-state index is 6.51. The van der Waals surface area contributed by atoms with Gasteiger partial charge in [-0.3, -0.25) is 0 Å². The molecule has 2 aromatic carbocycles. The highest BCUT2D eigenvalue weighted by molar-refractivity contribution is 6.74. The molecule has 0 aliphatic rings. The van der Waals surface area contributed by atoms with Crippen molar-refractivity contribution in [3.8, 4) is 28.7 Å². The van der Waals surface area contributed by atoms with Crippen molar-refractivity contribution in [2.24, 2.45) is 0 Å². The molecule has 0 saturated heterocycles. The van der Waals surface area contributed by atoms with E-state index in [1.807, 2.05) is 42.5 Å². The topological polar surface area (TPSA) is 46.2 Å². The Kier molecular flexibility index (Phi) is 7.47. The van der Waals surface area contributed by atoms with Crippen LogP contribution in [-0.2, 0) is 0 Å². The molecule has 0 fully saturated rings. The largest absolute Gasteiger partial charge is 0.541 e. The van der Waals surface area contributed by atoms with Crippen LogP contribution in [0.1, 0.15) is 31.9 Å². The van der Waals surface area contributed by atoms with Gasteiger partial charge >= 0.3 is 0 Å². The summed E-state index contributed by atoms with van der Waals surface area (Å²) in [5, 5.41) is 0.0973. The minimum Gasteiger partial charge on any atom is -0.541 e. The molecule has 0 aromatic heterocycles. The number of methoxy groups -OCH3 is 4. The quantitative estimate of drug-likeness (QED) is 0.364. The van der Waals surface area contributed by atoms with E-state index in [1.165, 1.54) is 0 Å². The lowest BCUT2D eigenvalue weighted by molar-refractivity contribution is 0.324. The normalized spacial score (nSPS) is 12.0. The van der Waals surface area contributed by atoms with Gasteiger partial charge in [-0.25, -0.2) is 0 Å². The van der Waals surface area contributed by atoms with Gasteiger partial charge < -0.3 is 23.4 Å². The summed E-state index contributed by atoms with van der Waals surface area (Å²) < 4.78 is 28.3. The van der Waals surface area contributed by atoms with Crippen LogP contribution >= 0.6 is 0 Å². The molecule has 0 spiro atoms. The highest BCUT2D eigenvalue weighted by Gasteiger charge is 2.39. The van der Waals surface area contributed by atoms with Crippen LogP contribution in [0.3, 0.4) is 0 Å². The van der Waals surface area contributed by atoms with Gasteiger partial charge in [0.05, 0.1) is 28.4 Å². The Morgan fingerprint density at radius 3 is 1.63 bits per heavy atom. The van der Waals surface area contributed by atoms with Gasteiger partial charge in [0.15, 0.2) is 17.2 Å². The molecule has 0 bridgehead atoms. The van der Waals surface area contributed by atoms with Crippen LogP contribution < -0.4 is 23.4 Å². The fourth-order valence-corrected chi connectivity index (χ4v) is 3.71. The van der Waals surface area contributed by atoms with E-state index < -0.39 is 8.32 Å². The SMILES string of the molecule is COc1ccc(/C=C\c2cc(OC)c(OC)c(OC)c2)cc1O[Si](C)(C)C(C)(C)C. The second kappa shape index (κ2) is 9.47. The smallest absolute Gasteiger partial charge is 0.250 e. The van der Waals surface area contributed by atoms with Crippen molar-refractivity contribution in [3.05, 3.63) is 41.5 Å². The number of ether oxygens (including phenoxy) is 4. The van der Waals surface area contributed by atoms with Crippen molar-refractivity contribution in [1.29, 1.82) is 0 Å². The lowest BCUT2D eigenvalue weighted by Crippen LogP contribution is -2.43. The Hall–Kier alpha value is -2.60. The highest BCUT2D eigenvalue weighted by atomic mass is 28.4. The molecule has 0 aliphatic carbocycles. The first-order valence-corrected chi connectivity index (χ1v) is 12.8. The minimum atomic E-state index is -1.99. The third kappa shape index (κ3) is 5.30. The van der Waals surface area contributed by atoms with Gasteiger partial charge in [-0.15, -0.1) is 0 Å². The summed E-state index contributed by atoms with van der Waals surface area (Å²) in [6.45, 7) is 11.1. The molecule has 2 aromatic rings. The molecule has 0 unspecified atom stereocenters. The van der Waals surface area contributed by atoms with Crippen LogP contribution in [-0.4, -0.2) is 36.8 Å². The third-order valence-electron chi connectivity index (χ3n) is 5.51. The third-order valence-corrected chi connectivity index (χ3v) is 9.86. The Morgan fingerprint density at radius 1 is 0.667 bits per heavy atom. The Bertz CT molecular complexity index is 872. The fraction of sp³-hybridized carbons (Fsp3) is 0.417. The van der Waals surface area contributed by atoms with Crippen LogP contribution in [0.25, 0.3) is 12.2 Å². The second-order valence-electron chi connectivity index (χ2n) is 8.56. The molecule has 30 heavy (non-hydrogen) atoms. The molecule has 0 amide bonds. The van der Waals surface area contributed by atoms with Gasteiger partial charge in [-0.2, -0.15) is 0 Å². The van der Waals surface area contributed by atoms with Crippen LogP contribution in [0, 0.1) is 0 Å². The zero-order valence-electron chi connectivity index (χ0n) is 19.6. The van der Waals surface area contributed by atoms with Gasteiger partial charge in [0.1, 0.15) is 5.75 Å². The average molecular weight is 431 g/mol. The predicted molar refractivity (Wildman–Crippen MR) is 126 cm³/mol. The first-order valence-electron chi connectivity index (χ1n) is 9.91. The molecule has 5 nitrogen and oxygen atoms in total. The Balaban J connectivity index is 2.39. The number of benzene rings is 2. The Labute approximate surface area is 181 Å². The van der Waals surface area contributed by atoms with Crippen LogP contribution in [0.5, 0.6) is 28.7 Å². The molecule has 164 valence electrons. The van der Waals surface area contributed by atoms with Crippen molar-refractivity contribution >= 4 is 20.5 Å². The van der Waals surface area contributed by atoms with E-state index in [0.29, 0.717) is 17.2 Å². The first-order chi connectivity index (χ1) is 14.1. The predicted octanol–water partition coefficient (Wildman–Crippen LogP) is 6.28. The molecule has 0 atom stereocenters. The zero-order valence-corrected chi connectivity index (χ0v) is 20.6. The maximum Gasteiger partial charge on any atom is 0.250 e. The number of rotatable bonds is 8. The summed E-state index contributed by atoms with van der Waals surface area (Å²) >= 11 is 0. The summed E-state index contributed by atoms with van der Waals surface area (Å²) in [5.41, 5.74) is 1.95. The van der Waals surface area contributed by atoms with Gasteiger partial charge in [-0.1, -0.05) is 39.0 Å². The molecule has 2 rings (SSSR count). The molecule has 0 aliphatic heterocycles. The van der Waals surface area contributed by atoms with Crippen LogP contribution in [0.15, 0.2) is 30.3 Å². The number of hydrogen-bond donors (Lipinski definition) is 0. The van der Waals surface area contributed by atoms with E-state index in [-0.39, 0.29) is 5.04 Å². The number of hydrogen-bond acceptors (Lipinski definition) is 5. The zero-order chi connectivity index (χ0) is 22.5. The molecular weight excluding hydrogens is 396 g/mol. The van der Waals surface area contributed by atoms with E-state index in [9.17, 15) is 0 Å². The summed E-state index contributed by atoms with van der Waals surface area (Å²) in [6.07, 6.45) is 4.03. The summed E-state index contributed by atoms with van der Waals surface area (Å²) in [6, 6.07) is 9.79. The van der Waals surface area contributed by atoms with Gasteiger partial charge in [0.2, 0.25) is 5.75 Å². The van der Waals surface area contributed by atoms with Crippen LogP contribution in [0.2, 0.25) is 18.1 Å². The van der Waals surface area contributed by atoms with E-state index >= 15 is 0 Å². The van der Waals surface area contributed by atoms with Crippen LogP contribution in [0.4, 0.5) is 0 Å². The first kappa shape index (κ1) is 23.7. The highest BCUT2D eigenvalue weighted by Crippen LogP contribution is 2.41. The summed E-state index contributed by atoms with van der Waals surface area (Å²) in [7, 11) is 4.49. The van der Waals surface area contributed by atoms with E-state index in [0.717, 1.165) is 22.6 Å². The molecule has 0 heterocycles. The minimum absolute atomic E-state index is 0.0973. The molecule has 0 saturated carbocycles. The summed E-state index contributed by atoms with van der Waals surface area (Å²) in [4.78, 5) is 0. The monoisotopic (exact) mass is 430 g/mol. The van der Waals surface area contributed by atoms with Crippen molar-refractivity contribution in [2.45, 2.75) is 38.9 Å². The maximum absolute atomic E-state index is 6.51. The lowest BCUT2D eigenvalue weighted by atomic mass is 10.1. The average Bonchev–Trinajstić information content (AvgIpc) is 2.70. The van der Waals surface area contributed by atoms with Gasteiger partial charge in [0, 0.05) is 0 Å². The summed E-state index contributed by atoms with van der Waals surface area (Å²) in [5.74, 6) is 3.33. The van der Waals surface area contributed by atoms with Gasteiger partial charge in [-0.05, 0) is 53.5 Å². The Morgan fingerprint density at radius 2 is 1.17 bits per heavy atom. The molecule has 6 heteroatoms. The van der Waals surface area contributed by atoms with E-state index in [2.05, 4.69) is 33.9 Å². The van der Waals surface area contributed by atoms with Gasteiger partial charge in [0.25, 0.3) is 8.32 Å². The molecular formula is C24H34O5Si. The standard InChI is InChI=1S/C24H34O5Si/c1-24(2,3)30(8,9)29-20-14-17(12-13-19(20)25-4)10-11-18-15-21(26-5)23(28-7)22(16-18)27-6/h10-16H,1-9H3/b11-10-. The molecule has 0 radical (unpaired) electrons. The van der Waals surface area contributed by atoms with E-state index in [1.54, 1.807) is 28.4 Å². The van der Waals surface area contributed by atoms with Crippen molar-refractivity contribution in [1.82, 2.24) is 0 Å². The lowest BCUT2D eigenvalue weighted by Gasteiger charge is -2.36. The van der Waals surface area contributed by atoms with Crippen molar-refractivity contribution < 1.29 is 23.4 Å². The second-order valence-corrected chi connectivity index (χ2v) is 13.3. The fourth-order valence-electron chi connectivity index (χ4n) is 2.69. The molecule has 0 N–H and O–H groups in total.